The Morgan fingerprint density at radius 1 is 0.755 bits per heavy atom. The number of carbonyl (C=O) groups is 3. The summed E-state index contributed by atoms with van der Waals surface area (Å²) in [4.78, 5) is 37.5. The molecule has 11 nitrogen and oxygen atoms in total. The predicted octanol–water partition coefficient (Wildman–Crippen LogP) is 7.01. The van der Waals surface area contributed by atoms with Crippen LogP contribution in [0.5, 0.6) is 17.2 Å². The Morgan fingerprint density at radius 2 is 1.42 bits per heavy atom. The predicted molar refractivity (Wildman–Crippen MR) is 195 cm³/mol. The van der Waals surface area contributed by atoms with E-state index in [4.69, 9.17) is 37.9 Å². The Balaban J connectivity index is 0.808. The van der Waals surface area contributed by atoms with E-state index >= 15 is 0 Å². The van der Waals surface area contributed by atoms with Gasteiger partial charge in [-0.15, -0.1) is 0 Å². The molecule has 3 fully saturated rings. The van der Waals surface area contributed by atoms with E-state index in [2.05, 4.69) is 0 Å². The van der Waals surface area contributed by atoms with E-state index in [0.717, 1.165) is 63.2 Å². The van der Waals surface area contributed by atoms with Gasteiger partial charge in [0.2, 0.25) is 0 Å². The molecule has 3 aromatic carbocycles. The first-order valence-electron chi connectivity index (χ1n) is 18.6. The molecule has 1 aliphatic carbocycles. The first-order chi connectivity index (χ1) is 25.9. The van der Waals surface area contributed by atoms with Crippen LogP contribution in [0.4, 0.5) is 0 Å². The topological polar surface area (TPSA) is 132 Å². The van der Waals surface area contributed by atoms with E-state index in [0.29, 0.717) is 42.7 Å². The number of benzene rings is 3. The quantitative estimate of drug-likeness (QED) is 0.0369. The average Bonchev–Trinajstić information content (AvgIpc) is 4.12. The van der Waals surface area contributed by atoms with Gasteiger partial charge >= 0.3 is 17.9 Å². The molecule has 3 aliphatic rings. The zero-order valence-corrected chi connectivity index (χ0v) is 30.2. The summed E-state index contributed by atoms with van der Waals surface area (Å²) in [6.45, 7) is 5.03. The van der Waals surface area contributed by atoms with Crippen molar-refractivity contribution >= 4 is 24.0 Å². The molecule has 5 atom stereocenters. The van der Waals surface area contributed by atoms with Crippen molar-refractivity contribution in [2.24, 2.45) is 5.92 Å². The van der Waals surface area contributed by atoms with E-state index in [9.17, 15) is 14.4 Å². The Labute approximate surface area is 310 Å². The smallest absolute Gasteiger partial charge is 0.343 e. The minimum Gasteiger partial charge on any atom is -0.494 e. The molecule has 0 N–H and O–H groups in total. The third kappa shape index (κ3) is 13.0. The molecule has 53 heavy (non-hydrogen) atoms. The molecule has 0 amide bonds. The van der Waals surface area contributed by atoms with Gasteiger partial charge in [0.15, 0.2) is 0 Å². The summed E-state index contributed by atoms with van der Waals surface area (Å²) >= 11 is 0. The maximum atomic E-state index is 12.7. The Kier molecular flexibility index (Phi) is 13.9. The number of hydrogen-bond acceptors (Lipinski definition) is 11. The minimum atomic E-state index is -0.665. The fourth-order valence-corrected chi connectivity index (χ4v) is 5.99. The molecule has 0 radical (unpaired) electrons. The zero-order valence-electron chi connectivity index (χ0n) is 30.2. The van der Waals surface area contributed by atoms with Gasteiger partial charge in [0.05, 0.1) is 36.5 Å². The van der Waals surface area contributed by atoms with Crippen LogP contribution in [0.15, 0.2) is 78.9 Å². The highest BCUT2D eigenvalue weighted by atomic mass is 16.6. The van der Waals surface area contributed by atoms with Crippen LogP contribution < -0.4 is 14.2 Å². The van der Waals surface area contributed by atoms with E-state index < -0.39 is 24.0 Å². The summed E-state index contributed by atoms with van der Waals surface area (Å²) in [6.07, 6.45) is 11.3. The summed E-state index contributed by atoms with van der Waals surface area (Å²) in [5.74, 6) is 0.665. The van der Waals surface area contributed by atoms with Crippen molar-refractivity contribution in [3.8, 4) is 17.2 Å². The normalized spacial score (nSPS) is 20.5. The number of ether oxygens (including phenoxy) is 8. The maximum absolute atomic E-state index is 12.7. The molecule has 5 unspecified atom stereocenters. The third-order valence-corrected chi connectivity index (χ3v) is 9.21. The molecule has 11 heteroatoms. The molecule has 2 saturated heterocycles. The standard InChI is InChI=1S/C42H48O11/c1-29(51-40(43)21-9-30-6-14-35(15-7-30)48-27-37-28-49-37)25-50-41(44)32-12-18-36(19-13-32)52-42(45)33-10-16-34(17-11-33)47-23-5-3-2-4-22-46-26-31-8-20-38-39(24-31)53-38/h6-7,9-19,21,29,31,37-39H,2-5,8,20,22-28H2,1H3. The van der Waals surface area contributed by atoms with Gasteiger partial charge < -0.3 is 37.9 Å². The van der Waals surface area contributed by atoms with Crippen LogP contribution in [0.2, 0.25) is 0 Å². The van der Waals surface area contributed by atoms with Gasteiger partial charge in [-0.1, -0.05) is 18.6 Å². The molecule has 0 spiro atoms. The molecule has 0 aromatic heterocycles. The van der Waals surface area contributed by atoms with Crippen LogP contribution in [0, 0.1) is 5.92 Å². The molecule has 282 valence electrons. The first-order valence-corrected chi connectivity index (χ1v) is 18.6. The van der Waals surface area contributed by atoms with Gasteiger partial charge in [-0.3, -0.25) is 0 Å². The van der Waals surface area contributed by atoms with Crippen molar-refractivity contribution < 1.29 is 52.3 Å². The zero-order chi connectivity index (χ0) is 36.8. The van der Waals surface area contributed by atoms with Crippen molar-refractivity contribution in [1.82, 2.24) is 0 Å². The highest BCUT2D eigenvalue weighted by Crippen LogP contribution is 2.39. The van der Waals surface area contributed by atoms with Crippen molar-refractivity contribution in [3.05, 3.63) is 95.6 Å². The van der Waals surface area contributed by atoms with E-state index in [1.54, 1.807) is 37.3 Å². The lowest BCUT2D eigenvalue weighted by atomic mass is 9.90. The van der Waals surface area contributed by atoms with Crippen LogP contribution >= 0.6 is 0 Å². The summed E-state index contributed by atoms with van der Waals surface area (Å²) in [7, 11) is 0. The highest BCUT2D eigenvalue weighted by Gasteiger charge is 2.43. The molecular weight excluding hydrogens is 680 g/mol. The number of epoxide rings is 2. The summed E-state index contributed by atoms with van der Waals surface area (Å²) in [5, 5.41) is 0. The SMILES string of the molecule is CC(COC(=O)c1ccc(OC(=O)c2ccc(OCCCCCCOCC3CCC4OC4C3)cc2)cc1)OC(=O)C=Cc1ccc(OCC2CO2)cc1. The second kappa shape index (κ2) is 19.4. The van der Waals surface area contributed by atoms with Crippen LogP contribution in [0.3, 0.4) is 0 Å². The highest BCUT2D eigenvalue weighted by molar-refractivity contribution is 5.92. The van der Waals surface area contributed by atoms with Crippen molar-refractivity contribution in [2.45, 2.75) is 76.3 Å². The fourth-order valence-electron chi connectivity index (χ4n) is 5.99. The minimum absolute atomic E-state index is 0.126. The van der Waals surface area contributed by atoms with E-state index in [1.807, 2.05) is 24.3 Å². The average molecular weight is 729 g/mol. The summed E-state index contributed by atoms with van der Waals surface area (Å²) in [5.41, 5.74) is 1.44. The lowest BCUT2D eigenvalue weighted by Crippen LogP contribution is -2.21. The van der Waals surface area contributed by atoms with Gasteiger partial charge in [0.1, 0.15) is 42.7 Å². The van der Waals surface area contributed by atoms with Crippen LogP contribution in [0.1, 0.15) is 78.1 Å². The third-order valence-electron chi connectivity index (χ3n) is 9.21. The van der Waals surface area contributed by atoms with E-state index in [1.165, 1.54) is 43.2 Å². The van der Waals surface area contributed by atoms with Crippen LogP contribution in [0.25, 0.3) is 6.08 Å². The summed E-state index contributed by atoms with van der Waals surface area (Å²) < 4.78 is 44.1. The molecule has 0 bridgehead atoms. The molecule has 2 aliphatic heterocycles. The number of hydrogen-bond donors (Lipinski definition) is 0. The lowest BCUT2D eigenvalue weighted by molar-refractivity contribution is -0.144. The number of unbranched alkanes of at least 4 members (excludes halogenated alkanes) is 3. The Bertz CT molecular complexity index is 1650. The molecular formula is C42H48O11. The number of rotatable bonds is 21. The monoisotopic (exact) mass is 728 g/mol. The summed E-state index contributed by atoms with van der Waals surface area (Å²) in [6, 6.07) is 20.1. The van der Waals surface area contributed by atoms with Crippen LogP contribution in [-0.4, -0.2) is 82.0 Å². The van der Waals surface area contributed by atoms with Crippen molar-refractivity contribution in [1.29, 1.82) is 0 Å². The Hall–Kier alpha value is -4.71. The van der Waals surface area contributed by atoms with Gasteiger partial charge in [0, 0.05) is 19.3 Å². The molecule has 1 saturated carbocycles. The molecule has 6 rings (SSSR count). The van der Waals surface area contributed by atoms with Gasteiger partial charge in [0.25, 0.3) is 0 Å². The fraction of sp³-hybridized carbons (Fsp3) is 0.452. The van der Waals surface area contributed by atoms with Crippen LogP contribution in [-0.2, 0) is 28.5 Å². The largest absolute Gasteiger partial charge is 0.494 e. The first kappa shape index (κ1) is 38.0. The van der Waals surface area contributed by atoms with Gasteiger partial charge in [-0.2, -0.15) is 0 Å². The van der Waals surface area contributed by atoms with Gasteiger partial charge in [-0.05, 0) is 124 Å². The van der Waals surface area contributed by atoms with Crippen molar-refractivity contribution in [3.63, 3.8) is 0 Å². The number of fused-ring (bicyclic) bond motifs is 1. The Morgan fingerprint density at radius 3 is 2.13 bits per heavy atom. The molecule has 3 aromatic rings. The second-order valence-electron chi connectivity index (χ2n) is 13.7. The second-order valence-corrected chi connectivity index (χ2v) is 13.7. The van der Waals surface area contributed by atoms with E-state index in [-0.39, 0.29) is 24.0 Å². The maximum Gasteiger partial charge on any atom is 0.343 e. The van der Waals surface area contributed by atoms with Gasteiger partial charge in [-0.25, -0.2) is 14.4 Å². The lowest BCUT2D eigenvalue weighted by Gasteiger charge is -2.18. The molecule has 2 heterocycles. The number of esters is 3. The number of carbonyl (C=O) groups excluding carboxylic acids is 3. The van der Waals surface area contributed by atoms with Crippen molar-refractivity contribution in [2.75, 3.05) is 39.6 Å².